The van der Waals surface area contributed by atoms with Gasteiger partial charge in [0.15, 0.2) is 5.96 Å². The Morgan fingerprint density at radius 1 is 1.33 bits per heavy atom. The van der Waals surface area contributed by atoms with E-state index in [-0.39, 0.29) is 0 Å². The second-order valence-electron chi connectivity index (χ2n) is 4.36. The molecule has 1 aromatic rings. The van der Waals surface area contributed by atoms with Crippen LogP contribution < -0.4 is 15.4 Å². The number of rotatable bonds is 5. The van der Waals surface area contributed by atoms with Gasteiger partial charge in [-0.05, 0) is 30.0 Å². The van der Waals surface area contributed by atoms with Crippen molar-refractivity contribution in [2.45, 2.75) is 13.3 Å². The Balaban J connectivity index is 2.41. The Morgan fingerprint density at radius 2 is 2.00 bits per heavy atom. The maximum Gasteiger partial charge on any atom is 0.190 e. The summed E-state index contributed by atoms with van der Waals surface area (Å²) in [7, 11) is 5.32. The third kappa shape index (κ3) is 4.65. The van der Waals surface area contributed by atoms with Crippen molar-refractivity contribution in [3.8, 4) is 5.75 Å². The van der Waals surface area contributed by atoms with Crippen molar-refractivity contribution < 1.29 is 4.74 Å². The Labute approximate surface area is 109 Å². The van der Waals surface area contributed by atoms with E-state index in [2.05, 4.69) is 34.7 Å². The Morgan fingerprint density at radius 3 is 2.50 bits per heavy atom. The molecule has 1 unspecified atom stereocenters. The average molecular weight is 249 g/mol. The molecule has 0 aliphatic rings. The third-order valence-electron chi connectivity index (χ3n) is 2.82. The Hall–Kier alpha value is -1.71. The molecular formula is C14H23N3O. The summed E-state index contributed by atoms with van der Waals surface area (Å²) in [5, 5.41) is 6.28. The van der Waals surface area contributed by atoms with Gasteiger partial charge >= 0.3 is 0 Å². The summed E-state index contributed by atoms with van der Waals surface area (Å²) in [4.78, 5) is 4.09. The van der Waals surface area contributed by atoms with Crippen LogP contribution in [0.2, 0.25) is 0 Å². The molecule has 0 radical (unpaired) electrons. The lowest BCUT2D eigenvalue weighted by Gasteiger charge is -2.14. The van der Waals surface area contributed by atoms with Gasteiger partial charge in [-0.1, -0.05) is 19.1 Å². The highest BCUT2D eigenvalue weighted by Gasteiger charge is 2.05. The number of benzene rings is 1. The summed E-state index contributed by atoms with van der Waals surface area (Å²) >= 11 is 0. The van der Waals surface area contributed by atoms with E-state index in [9.17, 15) is 0 Å². The van der Waals surface area contributed by atoms with Gasteiger partial charge in [0.1, 0.15) is 5.75 Å². The smallest absolute Gasteiger partial charge is 0.190 e. The number of ether oxygens (including phenoxy) is 1. The second kappa shape index (κ2) is 7.58. The van der Waals surface area contributed by atoms with E-state index in [1.807, 2.05) is 19.2 Å². The molecule has 0 bridgehead atoms. The first-order chi connectivity index (χ1) is 8.69. The van der Waals surface area contributed by atoms with Gasteiger partial charge in [-0.15, -0.1) is 0 Å². The average Bonchev–Trinajstić information content (AvgIpc) is 2.41. The molecule has 18 heavy (non-hydrogen) atoms. The van der Waals surface area contributed by atoms with Gasteiger partial charge in [0.25, 0.3) is 0 Å². The van der Waals surface area contributed by atoms with E-state index < -0.39 is 0 Å². The van der Waals surface area contributed by atoms with E-state index in [0.29, 0.717) is 5.92 Å². The van der Waals surface area contributed by atoms with Crippen molar-refractivity contribution in [1.82, 2.24) is 10.6 Å². The SMILES string of the molecule is CN=C(NC)NCC(C)Cc1ccc(OC)cc1. The number of guanidine groups is 1. The molecule has 0 aliphatic heterocycles. The van der Waals surface area contributed by atoms with Gasteiger partial charge in [-0.3, -0.25) is 4.99 Å². The predicted octanol–water partition coefficient (Wildman–Crippen LogP) is 1.67. The minimum absolute atomic E-state index is 0.545. The number of methoxy groups -OCH3 is 1. The van der Waals surface area contributed by atoms with Crippen LogP contribution in [0.4, 0.5) is 0 Å². The Bertz CT molecular complexity index is 373. The zero-order valence-corrected chi connectivity index (χ0v) is 11.7. The molecule has 4 nitrogen and oxygen atoms in total. The van der Waals surface area contributed by atoms with Crippen LogP contribution in [0.25, 0.3) is 0 Å². The molecule has 0 fully saturated rings. The van der Waals surface area contributed by atoms with Crippen LogP contribution >= 0.6 is 0 Å². The summed E-state index contributed by atoms with van der Waals surface area (Å²) in [6, 6.07) is 8.23. The fourth-order valence-electron chi connectivity index (χ4n) is 1.79. The molecule has 0 aromatic heterocycles. The topological polar surface area (TPSA) is 45.7 Å². The van der Waals surface area contributed by atoms with Crippen molar-refractivity contribution in [1.29, 1.82) is 0 Å². The van der Waals surface area contributed by atoms with Crippen molar-refractivity contribution in [2.24, 2.45) is 10.9 Å². The molecule has 0 amide bonds. The first-order valence-electron chi connectivity index (χ1n) is 6.21. The van der Waals surface area contributed by atoms with E-state index in [0.717, 1.165) is 24.7 Å². The summed E-state index contributed by atoms with van der Waals surface area (Å²) in [6.45, 7) is 3.12. The lowest BCUT2D eigenvalue weighted by atomic mass is 10.0. The number of aliphatic imine (C=N–C) groups is 1. The third-order valence-corrected chi connectivity index (χ3v) is 2.82. The number of hydrogen-bond donors (Lipinski definition) is 2. The second-order valence-corrected chi connectivity index (χ2v) is 4.36. The molecule has 0 heterocycles. The summed E-state index contributed by atoms with van der Waals surface area (Å²) < 4.78 is 5.15. The molecular weight excluding hydrogens is 226 g/mol. The number of nitrogens with one attached hydrogen (secondary N) is 2. The molecule has 2 N–H and O–H groups in total. The lowest BCUT2D eigenvalue weighted by molar-refractivity contribution is 0.414. The molecule has 1 aromatic carbocycles. The quantitative estimate of drug-likeness (QED) is 0.616. The summed E-state index contributed by atoms with van der Waals surface area (Å²) in [6.07, 6.45) is 1.04. The Kier molecular flexibility index (Phi) is 6.05. The molecule has 4 heteroatoms. The van der Waals surface area contributed by atoms with Crippen LogP contribution in [0.3, 0.4) is 0 Å². The number of nitrogens with zero attached hydrogens (tertiary/aromatic N) is 1. The van der Waals surface area contributed by atoms with Crippen molar-refractivity contribution in [3.63, 3.8) is 0 Å². The highest BCUT2D eigenvalue weighted by atomic mass is 16.5. The van der Waals surface area contributed by atoms with Crippen LogP contribution in [0, 0.1) is 5.92 Å². The van der Waals surface area contributed by atoms with Crippen LogP contribution in [-0.4, -0.2) is 33.7 Å². The molecule has 0 saturated carbocycles. The minimum atomic E-state index is 0.545. The van der Waals surface area contributed by atoms with Gasteiger partial charge in [-0.25, -0.2) is 0 Å². The molecule has 1 rings (SSSR count). The fourth-order valence-corrected chi connectivity index (χ4v) is 1.79. The predicted molar refractivity (Wildman–Crippen MR) is 76.3 cm³/mol. The highest BCUT2D eigenvalue weighted by molar-refractivity contribution is 5.79. The van der Waals surface area contributed by atoms with Gasteiger partial charge < -0.3 is 15.4 Å². The monoisotopic (exact) mass is 249 g/mol. The van der Waals surface area contributed by atoms with E-state index in [1.165, 1.54) is 5.56 Å². The molecule has 1 atom stereocenters. The van der Waals surface area contributed by atoms with Gasteiger partial charge in [0.2, 0.25) is 0 Å². The highest BCUT2D eigenvalue weighted by Crippen LogP contribution is 2.14. The van der Waals surface area contributed by atoms with Gasteiger partial charge in [0.05, 0.1) is 7.11 Å². The van der Waals surface area contributed by atoms with Crippen molar-refractivity contribution in [3.05, 3.63) is 29.8 Å². The maximum absolute atomic E-state index is 5.15. The van der Waals surface area contributed by atoms with Gasteiger partial charge in [0, 0.05) is 20.6 Å². The zero-order valence-electron chi connectivity index (χ0n) is 11.7. The van der Waals surface area contributed by atoms with Crippen LogP contribution in [0.5, 0.6) is 5.75 Å². The van der Waals surface area contributed by atoms with Crippen LogP contribution in [-0.2, 0) is 6.42 Å². The van der Waals surface area contributed by atoms with E-state index in [4.69, 9.17) is 4.74 Å². The van der Waals surface area contributed by atoms with Crippen molar-refractivity contribution in [2.75, 3.05) is 27.7 Å². The normalized spacial score (nSPS) is 13.0. The number of hydrogen-bond acceptors (Lipinski definition) is 2. The molecule has 0 saturated heterocycles. The molecule has 0 spiro atoms. The van der Waals surface area contributed by atoms with E-state index in [1.54, 1.807) is 14.2 Å². The molecule has 0 aliphatic carbocycles. The minimum Gasteiger partial charge on any atom is -0.497 e. The van der Waals surface area contributed by atoms with Crippen molar-refractivity contribution >= 4 is 5.96 Å². The first-order valence-corrected chi connectivity index (χ1v) is 6.21. The zero-order chi connectivity index (χ0) is 13.4. The van der Waals surface area contributed by atoms with E-state index >= 15 is 0 Å². The summed E-state index contributed by atoms with van der Waals surface area (Å²) in [5.74, 6) is 2.28. The largest absolute Gasteiger partial charge is 0.497 e. The fraction of sp³-hybridized carbons (Fsp3) is 0.500. The van der Waals surface area contributed by atoms with Crippen LogP contribution in [0.1, 0.15) is 12.5 Å². The lowest BCUT2D eigenvalue weighted by Crippen LogP contribution is -2.37. The maximum atomic E-state index is 5.15. The standard InChI is InChI=1S/C14H23N3O/c1-11(10-17-14(15-2)16-3)9-12-5-7-13(18-4)8-6-12/h5-8,11H,9-10H2,1-4H3,(H2,15,16,17). The van der Waals surface area contributed by atoms with Crippen LogP contribution in [0.15, 0.2) is 29.3 Å². The first kappa shape index (κ1) is 14.4. The molecule has 100 valence electrons. The van der Waals surface area contributed by atoms with Gasteiger partial charge in [-0.2, -0.15) is 0 Å². The summed E-state index contributed by atoms with van der Waals surface area (Å²) in [5.41, 5.74) is 1.32.